The first-order valence-corrected chi connectivity index (χ1v) is 11.0. The van der Waals surface area contributed by atoms with Crippen molar-refractivity contribution in [3.63, 3.8) is 0 Å². The van der Waals surface area contributed by atoms with E-state index in [1.54, 1.807) is 13.8 Å². The van der Waals surface area contributed by atoms with Gasteiger partial charge >= 0.3 is 11.9 Å². The van der Waals surface area contributed by atoms with E-state index in [4.69, 9.17) is 16.6 Å². The molecule has 0 heterocycles. The minimum absolute atomic E-state index is 0.184. The van der Waals surface area contributed by atoms with Gasteiger partial charge in [0.2, 0.25) is 17.7 Å². The Labute approximate surface area is 192 Å². The number of amides is 3. The molecule has 0 spiro atoms. The average Bonchev–Trinajstić information content (AvgIpc) is 2.73. The fourth-order valence-electron chi connectivity index (χ4n) is 2.71. The molecule has 5 unspecified atom stereocenters. The lowest BCUT2D eigenvalue weighted by Crippen LogP contribution is -2.58. The number of carbonyl (C=O) groups excluding carboxylic acids is 3. The third-order valence-electron chi connectivity index (χ3n) is 4.91. The number of carbonyl (C=O) groups is 5. The van der Waals surface area contributed by atoms with E-state index in [0.717, 1.165) is 0 Å². The standard InChI is InChI=1S/C19H35N5O7S/c1-3-10(2)15(19(30)31)24-18(29)13(9-32)23-17(28)12(8-14(25)26)22-16(27)11(21)6-4-5-7-20/h10-13,15,32H,3-9,20-21H2,1-2H3,(H,22,27)(H,23,28)(H,24,29)(H,25,26)(H,30,31). The van der Waals surface area contributed by atoms with Gasteiger partial charge in [0.1, 0.15) is 18.1 Å². The van der Waals surface area contributed by atoms with Crippen LogP contribution in [-0.4, -0.2) is 76.3 Å². The van der Waals surface area contributed by atoms with Gasteiger partial charge in [0, 0.05) is 5.75 Å². The summed E-state index contributed by atoms with van der Waals surface area (Å²) in [4.78, 5) is 59.9. The molecule has 0 aliphatic carbocycles. The summed E-state index contributed by atoms with van der Waals surface area (Å²) in [6.07, 6.45) is 1.31. The first kappa shape index (κ1) is 29.6. The van der Waals surface area contributed by atoms with Crippen molar-refractivity contribution in [2.24, 2.45) is 17.4 Å². The molecule has 0 fully saturated rings. The Morgan fingerprint density at radius 2 is 1.50 bits per heavy atom. The highest BCUT2D eigenvalue weighted by Crippen LogP contribution is 2.09. The van der Waals surface area contributed by atoms with Crippen LogP contribution < -0.4 is 27.4 Å². The number of nitrogens with one attached hydrogen (secondary N) is 3. The van der Waals surface area contributed by atoms with Crippen LogP contribution in [0.2, 0.25) is 0 Å². The molecule has 0 aliphatic heterocycles. The Morgan fingerprint density at radius 3 is 1.97 bits per heavy atom. The van der Waals surface area contributed by atoms with E-state index in [2.05, 4.69) is 28.6 Å². The molecule has 184 valence electrons. The van der Waals surface area contributed by atoms with Crippen molar-refractivity contribution < 1.29 is 34.2 Å². The summed E-state index contributed by atoms with van der Waals surface area (Å²) in [6.45, 7) is 3.86. The van der Waals surface area contributed by atoms with E-state index in [9.17, 15) is 29.1 Å². The van der Waals surface area contributed by atoms with E-state index in [-0.39, 0.29) is 11.7 Å². The van der Waals surface area contributed by atoms with Crippen LogP contribution in [-0.2, 0) is 24.0 Å². The highest BCUT2D eigenvalue weighted by molar-refractivity contribution is 7.80. The van der Waals surface area contributed by atoms with Crippen LogP contribution in [0.3, 0.4) is 0 Å². The van der Waals surface area contributed by atoms with Crippen molar-refractivity contribution in [3.8, 4) is 0 Å². The highest BCUT2D eigenvalue weighted by atomic mass is 32.1. The number of hydrogen-bond donors (Lipinski definition) is 8. The largest absolute Gasteiger partial charge is 0.481 e. The summed E-state index contributed by atoms with van der Waals surface area (Å²) in [7, 11) is 0. The molecule has 0 bridgehead atoms. The molecule has 32 heavy (non-hydrogen) atoms. The number of aliphatic carboxylic acids is 2. The fourth-order valence-corrected chi connectivity index (χ4v) is 2.96. The normalized spacial score (nSPS) is 15.5. The SMILES string of the molecule is CCC(C)C(NC(=O)C(CS)NC(=O)C(CC(=O)O)NC(=O)C(N)CCCCN)C(=O)O. The van der Waals surface area contributed by atoms with Gasteiger partial charge in [-0.1, -0.05) is 26.7 Å². The Balaban J connectivity index is 5.22. The Kier molecular flexibility index (Phi) is 14.3. The Hall–Kier alpha value is -2.38. The van der Waals surface area contributed by atoms with Crippen LogP contribution in [0.25, 0.3) is 0 Å². The second-order valence-corrected chi connectivity index (χ2v) is 7.87. The second kappa shape index (κ2) is 15.4. The van der Waals surface area contributed by atoms with Gasteiger partial charge in [-0.3, -0.25) is 19.2 Å². The van der Waals surface area contributed by atoms with Gasteiger partial charge in [-0.15, -0.1) is 0 Å². The quantitative estimate of drug-likeness (QED) is 0.0950. The predicted molar refractivity (Wildman–Crippen MR) is 120 cm³/mol. The molecular weight excluding hydrogens is 442 g/mol. The van der Waals surface area contributed by atoms with Crippen LogP contribution in [0.4, 0.5) is 0 Å². The molecule has 12 nitrogen and oxygen atoms in total. The molecule has 9 N–H and O–H groups in total. The van der Waals surface area contributed by atoms with Crippen LogP contribution in [0, 0.1) is 5.92 Å². The van der Waals surface area contributed by atoms with E-state index in [0.29, 0.717) is 32.2 Å². The van der Waals surface area contributed by atoms with Gasteiger partial charge in [-0.05, 0) is 25.3 Å². The maximum atomic E-state index is 12.6. The van der Waals surface area contributed by atoms with Gasteiger partial charge in [-0.25, -0.2) is 4.79 Å². The van der Waals surface area contributed by atoms with E-state index < -0.39 is 60.2 Å². The van der Waals surface area contributed by atoms with E-state index in [1.165, 1.54) is 0 Å². The summed E-state index contributed by atoms with van der Waals surface area (Å²) in [5.74, 6) is -5.56. The molecule has 0 aromatic carbocycles. The van der Waals surface area contributed by atoms with Gasteiger partial charge in [0.15, 0.2) is 0 Å². The van der Waals surface area contributed by atoms with Crippen LogP contribution in [0.1, 0.15) is 46.0 Å². The third-order valence-corrected chi connectivity index (χ3v) is 5.28. The Morgan fingerprint density at radius 1 is 0.938 bits per heavy atom. The summed E-state index contributed by atoms with van der Waals surface area (Å²) in [5, 5.41) is 25.4. The molecule has 0 rings (SSSR count). The van der Waals surface area contributed by atoms with Crippen molar-refractivity contribution in [1.82, 2.24) is 16.0 Å². The van der Waals surface area contributed by atoms with Crippen molar-refractivity contribution in [3.05, 3.63) is 0 Å². The lowest BCUT2D eigenvalue weighted by Gasteiger charge is -2.25. The number of nitrogens with two attached hydrogens (primary N) is 2. The maximum Gasteiger partial charge on any atom is 0.326 e. The molecular formula is C19H35N5O7S. The number of carboxylic acid groups (broad SMARTS) is 2. The highest BCUT2D eigenvalue weighted by Gasteiger charge is 2.32. The third kappa shape index (κ3) is 10.8. The van der Waals surface area contributed by atoms with Crippen LogP contribution in [0.15, 0.2) is 0 Å². The van der Waals surface area contributed by atoms with E-state index in [1.807, 2.05) is 0 Å². The monoisotopic (exact) mass is 477 g/mol. The average molecular weight is 478 g/mol. The number of carboxylic acids is 2. The molecule has 0 saturated heterocycles. The molecule has 0 aromatic heterocycles. The zero-order chi connectivity index (χ0) is 24.8. The number of thiol groups is 1. The topological polar surface area (TPSA) is 214 Å². The Bertz CT molecular complexity index is 664. The number of unbranched alkanes of at least 4 members (excludes halogenated alkanes) is 1. The lowest BCUT2D eigenvalue weighted by molar-refractivity contribution is -0.144. The van der Waals surface area contributed by atoms with Gasteiger partial charge in [0.05, 0.1) is 12.5 Å². The molecule has 3 amide bonds. The maximum absolute atomic E-state index is 12.6. The van der Waals surface area contributed by atoms with Crippen molar-refractivity contribution in [2.45, 2.75) is 70.1 Å². The second-order valence-electron chi connectivity index (χ2n) is 7.50. The van der Waals surface area contributed by atoms with Crippen molar-refractivity contribution in [1.29, 1.82) is 0 Å². The molecule has 5 atom stereocenters. The molecule has 0 aliphatic rings. The van der Waals surface area contributed by atoms with Gasteiger partial charge < -0.3 is 37.6 Å². The van der Waals surface area contributed by atoms with Crippen LogP contribution in [0.5, 0.6) is 0 Å². The zero-order valence-electron chi connectivity index (χ0n) is 18.4. The fraction of sp³-hybridized carbons (Fsp3) is 0.737. The number of rotatable bonds is 16. The van der Waals surface area contributed by atoms with Crippen molar-refractivity contribution in [2.75, 3.05) is 12.3 Å². The van der Waals surface area contributed by atoms with Gasteiger partial charge in [-0.2, -0.15) is 12.6 Å². The smallest absolute Gasteiger partial charge is 0.326 e. The summed E-state index contributed by atoms with van der Waals surface area (Å²) < 4.78 is 0. The van der Waals surface area contributed by atoms with Gasteiger partial charge in [0.25, 0.3) is 0 Å². The molecule has 0 saturated carbocycles. The summed E-state index contributed by atoms with van der Waals surface area (Å²) in [5.41, 5.74) is 11.2. The predicted octanol–water partition coefficient (Wildman–Crippen LogP) is -1.57. The van der Waals surface area contributed by atoms with Crippen molar-refractivity contribution >= 4 is 42.3 Å². The van der Waals surface area contributed by atoms with E-state index >= 15 is 0 Å². The minimum atomic E-state index is -1.49. The molecule has 13 heteroatoms. The first-order valence-electron chi connectivity index (χ1n) is 10.4. The molecule has 0 aromatic rings. The zero-order valence-corrected chi connectivity index (χ0v) is 19.3. The number of hydrogen-bond acceptors (Lipinski definition) is 8. The molecule has 0 radical (unpaired) electrons. The minimum Gasteiger partial charge on any atom is -0.481 e. The van der Waals surface area contributed by atoms with Crippen LogP contribution >= 0.6 is 12.6 Å². The lowest BCUT2D eigenvalue weighted by atomic mass is 9.99. The summed E-state index contributed by atoms with van der Waals surface area (Å²) in [6, 6.07) is -4.86. The first-order chi connectivity index (χ1) is 15.0. The summed E-state index contributed by atoms with van der Waals surface area (Å²) >= 11 is 4.01.